The number of anilines is 3. The predicted octanol–water partition coefficient (Wildman–Crippen LogP) is 5.39. The number of halogens is 6. The van der Waals surface area contributed by atoms with E-state index in [1.54, 1.807) is 0 Å². The second kappa shape index (κ2) is 5.79. The minimum Gasteiger partial charge on any atom is -0.382 e. The Balaban J connectivity index is 2.40. The molecule has 0 fully saturated rings. The molecule has 0 saturated carbocycles. The molecular weight excluding hydrogens is 350 g/mol. The summed E-state index contributed by atoms with van der Waals surface area (Å²) in [5.41, 5.74) is 4.71. The molecule has 21 heavy (non-hydrogen) atoms. The van der Waals surface area contributed by atoms with Crippen LogP contribution in [0.3, 0.4) is 0 Å². The van der Waals surface area contributed by atoms with Crippen LogP contribution in [0.5, 0.6) is 0 Å². The highest BCUT2D eigenvalue weighted by molar-refractivity contribution is 6.37. The second-order valence-corrected chi connectivity index (χ2v) is 5.29. The Kier molecular flexibility index (Phi) is 4.41. The number of nitrogens with two attached hydrogens (primary N) is 1. The van der Waals surface area contributed by atoms with Crippen LogP contribution in [0.1, 0.15) is 5.56 Å². The number of rotatable bonds is 2. The third kappa shape index (κ3) is 3.84. The fourth-order valence-corrected chi connectivity index (χ4v) is 2.17. The van der Waals surface area contributed by atoms with Crippen LogP contribution in [0.2, 0.25) is 15.1 Å². The first-order valence-electron chi connectivity index (χ1n) is 5.43. The lowest BCUT2D eigenvalue weighted by molar-refractivity contribution is -0.137. The van der Waals surface area contributed by atoms with Crippen LogP contribution < -0.4 is 11.1 Å². The average Bonchev–Trinajstić information content (AvgIpc) is 2.34. The highest BCUT2D eigenvalue weighted by Crippen LogP contribution is 2.35. The van der Waals surface area contributed by atoms with E-state index in [1.165, 1.54) is 12.1 Å². The van der Waals surface area contributed by atoms with Gasteiger partial charge in [0.25, 0.3) is 0 Å². The molecule has 0 saturated heterocycles. The van der Waals surface area contributed by atoms with E-state index in [0.717, 1.165) is 12.1 Å². The minimum absolute atomic E-state index is 0.00152. The first-order chi connectivity index (χ1) is 9.66. The summed E-state index contributed by atoms with van der Waals surface area (Å²) in [5.74, 6) is 0.0793. The normalized spacial score (nSPS) is 11.5. The average molecular weight is 357 g/mol. The third-order valence-corrected chi connectivity index (χ3v) is 3.25. The molecular formula is C12H7Cl3F3N3. The molecule has 1 heterocycles. The van der Waals surface area contributed by atoms with Crippen molar-refractivity contribution in [2.75, 3.05) is 11.1 Å². The second-order valence-electron chi connectivity index (χ2n) is 4.04. The van der Waals surface area contributed by atoms with Gasteiger partial charge in [0.05, 0.1) is 15.6 Å². The molecule has 1 aromatic carbocycles. The number of benzene rings is 1. The first kappa shape index (κ1) is 16.0. The molecule has 2 aromatic rings. The quantitative estimate of drug-likeness (QED) is 0.759. The molecule has 0 spiro atoms. The monoisotopic (exact) mass is 355 g/mol. The summed E-state index contributed by atoms with van der Waals surface area (Å²) in [6.07, 6.45) is -4.52. The zero-order chi connectivity index (χ0) is 15.8. The number of nitrogens with one attached hydrogen (secondary N) is 1. The van der Waals surface area contributed by atoms with Gasteiger partial charge >= 0.3 is 6.18 Å². The van der Waals surface area contributed by atoms with Crippen LogP contribution in [0.25, 0.3) is 0 Å². The summed E-state index contributed by atoms with van der Waals surface area (Å²) in [7, 11) is 0. The largest absolute Gasteiger partial charge is 0.416 e. The van der Waals surface area contributed by atoms with E-state index < -0.39 is 11.7 Å². The van der Waals surface area contributed by atoms with Gasteiger partial charge in [0.15, 0.2) is 5.82 Å². The number of pyridine rings is 1. The van der Waals surface area contributed by atoms with Crippen LogP contribution in [0.4, 0.5) is 30.5 Å². The molecule has 0 radical (unpaired) electrons. The molecule has 1 aromatic heterocycles. The number of hydrogen-bond donors (Lipinski definition) is 2. The Morgan fingerprint density at radius 1 is 1.00 bits per heavy atom. The lowest BCUT2D eigenvalue weighted by atomic mass is 10.2. The third-order valence-electron chi connectivity index (χ3n) is 2.44. The Morgan fingerprint density at radius 2 is 1.67 bits per heavy atom. The summed E-state index contributed by atoms with van der Waals surface area (Å²) in [6.45, 7) is 0. The summed E-state index contributed by atoms with van der Waals surface area (Å²) in [4.78, 5) is 3.87. The molecule has 0 amide bonds. The van der Waals surface area contributed by atoms with Crippen molar-refractivity contribution >= 4 is 52.1 Å². The summed E-state index contributed by atoms with van der Waals surface area (Å²) >= 11 is 17.3. The Bertz CT molecular complexity index is 689. The van der Waals surface area contributed by atoms with Crippen LogP contribution in [0, 0.1) is 0 Å². The van der Waals surface area contributed by atoms with Crippen molar-refractivity contribution in [2.45, 2.75) is 6.18 Å². The van der Waals surface area contributed by atoms with Gasteiger partial charge in [0.2, 0.25) is 0 Å². The Labute approximate surface area is 132 Å². The zero-order valence-electron chi connectivity index (χ0n) is 10.1. The number of nitrogen functional groups attached to an aromatic ring is 1. The molecule has 112 valence electrons. The van der Waals surface area contributed by atoms with Crippen LogP contribution >= 0.6 is 34.8 Å². The molecule has 0 aliphatic rings. The Morgan fingerprint density at radius 3 is 2.29 bits per heavy atom. The van der Waals surface area contributed by atoms with Gasteiger partial charge in [0, 0.05) is 10.7 Å². The fourth-order valence-electron chi connectivity index (χ4n) is 1.53. The standard InChI is InChI=1S/C12H7Cl3F3N3/c13-6-1-5(12(16,17)18)2-7(3-6)20-11-9(15)4-8(14)10(19)21-11/h1-4H,(H3,19,20,21). The van der Waals surface area contributed by atoms with Crippen LogP contribution in [0.15, 0.2) is 24.3 Å². The maximum Gasteiger partial charge on any atom is 0.416 e. The lowest BCUT2D eigenvalue weighted by Crippen LogP contribution is -2.06. The molecule has 9 heteroatoms. The van der Waals surface area contributed by atoms with E-state index >= 15 is 0 Å². The van der Waals surface area contributed by atoms with Gasteiger partial charge in [-0.1, -0.05) is 34.8 Å². The molecule has 3 N–H and O–H groups in total. The van der Waals surface area contributed by atoms with Gasteiger partial charge in [0.1, 0.15) is 5.82 Å². The molecule has 0 bridgehead atoms. The summed E-state index contributed by atoms with van der Waals surface area (Å²) in [6, 6.07) is 4.34. The highest BCUT2D eigenvalue weighted by Gasteiger charge is 2.31. The molecule has 2 rings (SSSR count). The maximum atomic E-state index is 12.7. The van der Waals surface area contributed by atoms with Crippen molar-refractivity contribution in [2.24, 2.45) is 0 Å². The smallest absolute Gasteiger partial charge is 0.382 e. The first-order valence-corrected chi connectivity index (χ1v) is 6.56. The van der Waals surface area contributed by atoms with E-state index in [9.17, 15) is 13.2 Å². The molecule has 0 unspecified atom stereocenters. The summed E-state index contributed by atoms with van der Waals surface area (Å²) in [5, 5.41) is 2.81. The molecule has 3 nitrogen and oxygen atoms in total. The van der Waals surface area contributed by atoms with Gasteiger partial charge in [-0.2, -0.15) is 13.2 Å². The lowest BCUT2D eigenvalue weighted by Gasteiger charge is -2.12. The number of aromatic nitrogens is 1. The van der Waals surface area contributed by atoms with E-state index in [-0.39, 0.29) is 32.4 Å². The summed E-state index contributed by atoms with van der Waals surface area (Å²) < 4.78 is 38.2. The molecule has 0 atom stereocenters. The van der Waals surface area contributed by atoms with Crippen molar-refractivity contribution in [1.82, 2.24) is 4.98 Å². The highest BCUT2D eigenvalue weighted by atomic mass is 35.5. The van der Waals surface area contributed by atoms with Gasteiger partial charge in [-0.15, -0.1) is 0 Å². The van der Waals surface area contributed by atoms with Crippen molar-refractivity contribution in [3.05, 3.63) is 44.9 Å². The topological polar surface area (TPSA) is 50.9 Å². The SMILES string of the molecule is Nc1nc(Nc2cc(Cl)cc(C(F)(F)F)c2)c(Cl)cc1Cl. The van der Waals surface area contributed by atoms with E-state index in [1.807, 2.05) is 0 Å². The van der Waals surface area contributed by atoms with Crippen molar-refractivity contribution in [1.29, 1.82) is 0 Å². The van der Waals surface area contributed by atoms with E-state index in [0.29, 0.717) is 0 Å². The van der Waals surface area contributed by atoms with Gasteiger partial charge in [-0.05, 0) is 24.3 Å². The number of alkyl halides is 3. The molecule has 0 aliphatic heterocycles. The minimum atomic E-state index is -4.52. The van der Waals surface area contributed by atoms with Crippen molar-refractivity contribution in [3.8, 4) is 0 Å². The van der Waals surface area contributed by atoms with Gasteiger partial charge < -0.3 is 11.1 Å². The van der Waals surface area contributed by atoms with Crippen molar-refractivity contribution in [3.63, 3.8) is 0 Å². The number of hydrogen-bond acceptors (Lipinski definition) is 3. The predicted molar refractivity (Wildman–Crippen MR) is 78.4 cm³/mol. The zero-order valence-corrected chi connectivity index (χ0v) is 12.4. The Hall–Kier alpha value is -1.37. The van der Waals surface area contributed by atoms with E-state index in [4.69, 9.17) is 40.5 Å². The number of nitrogens with zero attached hydrogens (tertiary/aromatic N) is 1. The van der Waals surface area contributed by atoms with Gasteiger partial charge in [-0.25, -0.2) is 4.98 Å². The molecule has 0 aliphatic carbocycles. The maximum absolute atomic E-state index is 12.7. The van der Waals surface area contributed by atoms with Gasteiger partial charge in [-0.3, -0.25) is 0 Å². The van der Waals surface area contributed by atoms with Crippen LogP contribution in [-0.4, -0.2) is 4.98 Å². The van der Waals surface area contributed by atoms with E-state index in [2.05, 4.69) is 10.3 Å². The van der Waals surface area contributed by atoms with Crippen molar-refractivity contribution < 1.29 is 13.2 Å². The van der Waals surface area contributed by atoms with Crippen LogP contribution in [-0.2, 0) is 6.18 Å². The fraction of sp³-hybridized carbons (Fsp3) is 0.0833.